The van der Waals surface area contributed by atoms with Crippen molar-refractivity contribution >= 4 is 23.1 Å². The highest BCUT2D eigenvalue weighted by atomic mass is 16.1. The Kier molecular flexibility index (Phi) is 5.27. The highest BCUT2D eigenvalue weighted by Crippen LogP contribution is 2.24. The summed E-state index contributed by atoms with van der Waals surface area (Å²) < 4.78 is 0. The average Bonchev–Trinajstić information content (AvgIpc) is 2.62. The molecule has 0 aliphatic heterocycles. The van der Waals surface area contributed by atoms with Gasteiger partial charge in [0.1, 0.15) is 11.5 Å². The van der Waals surface area contributed by atoms with E-state index in [4.69, 9.17) is 0 Å². The fourth-order valence-corrected chi connectivity index (χ4v) is 2.68. The van der Waals surface area contributed by atoms with Crippen LogP contribution in [-0.2, 0) is 0 Å². The van der Waals surface area contributed by atoms with E-state index in [9.17, 15) is 4.79 Å². The van der Waals surface area contributed by atoms with Crippen molar-refractivity contribution in [1.29, 1.82) is 0 Å². The number of hydrogen-bond donors (Lipinski definition) is 2. The van der Waals surface area contributed by atoms with Gasteiger partial charge in [-0.3, -0.25) is 4.79 Å². The molecule has 0 aliphatic carbocycles. The van der Waals surface area contributed by atoms with E-state index in [1.165, 1.54) is 6.20 Å². The van der Waals surface area contributed by atoms with Crippen molar-refractivity contribution in [2.45, 2.75) is 26.7 Å². The van der Waals surface area contributed by atoms with Crippen LogP contribution < -0.4 is 10.6 Å². The smallest absolute Gasteiger partial charge is 0.275 e. The molecule has 0 radical (unpaired) electrons. The first kappa shape index (κ1) is 17.6. The van der Waals surface area contributed by atoms with Gasteiger partial charge in [0.05, 0.1) is 12.4 Å². The normalized spacial score (nSPS) is 10.6. The van der Waals surface area contributed by atoms with E-state index in [0.717, 1.165) is 22.5 Å². The van der Waals surface area contributed by atoms with Gasteiger partial charge in [-0.25, -0.2) is 9.97 Å². The van der Waals surface area contributed by atoms with Crippen molar-refractivity contribution in [3.8, 4) is 0 Å². The lowest BCUT2D eigenvalue weighted by Crippen LogP contribution is -2.15. The number of benzene rings is 2. The van der Waals surface area contributed by atoms with Crippen molar-refractivity contribution in [2.75, 3.05) is 10.6 Å². The first-order valence-electron chi connectivity index (χ1n) is 8.59. The first-order valence-corrected chi connectivity index (χ1v) is 8.59. The topological polar surface area (TPSA) is 66.9 Å². The number of amides is 1. The number of rotatable bonds is 5. The quantitative estimate of drug-likeness (QED) is 0.689. The van der Waals surface area contributed by atoms with Crippen molar-refractivity contribution < 1.29 is 4.79 Å². The van der Waals surface area contributed by atoms with Gasteiger partial charge in [-0.05, 0) is 42.2 Å². The number of nitrogens with one attached hydrogen (secondary N) is 2. The Morgan fingerprint density at radius 2 is 1.81 bits per heavy atom. The van der Waals surface area contributed by atoms with Gasteiger partial charge >= 0.3 is 0 Å². The van der Waals surface area contributed by atoms with Crippen LogP contribution in [0.25, 0.3) is 0 Å². The Bertz CT molecular complexity index is 904. The molecule has 2 N–H and O–H groups in total. The third-order valence-corrected chi connectivity index (χ3v) is 4.01. The van der Waals surface area contributed by atoms with Crippen molar-refractivity contribution in [3.05, 3.63) is 77.7 Å². The molecule has 132 valence electrons. The minimum absolute atomic E-state index is 0.271. The summed E-state index contributed by atoms with van der Waals surface area (Å²) in [6, 6.07) is 15.8. The van der Waals surface area contributed by atoms with Crippen LogP contribution in [0.3, 0.4) is 0 Å². The molecule has 0 saturated carbocycles. The predicted molar refractivity (Wildman–Crippen MR) is 105 cm³/mol. The zero-order chi connectivity index (χ0) is 18.5. The van der Waals surface area contributed by atoms with Gasteiger partial charge in [-0.15, -0.1) is 0 Å². The lowest BCUT2D eigenvalue weighted by molar-refractivity contribution is 0.102. The molecule has 0 bridgehead atoms. The largest absolute Gasteiger partial charge is 0.339 e. The third-order valence-electron chi connectivity index (χ3n) is 4.01. The molecule has 0 unspecified atom stereocenters. The van der Waals surface area contributed by atoms with E-state index < -0.39 is 0 Å². The Morgan fingerprint density at radius 1 is 1.00 bits per heavy atom. The molecule has 0 spiro atoms. The predicted octanol–water partition coefficient (Wildman–Crippen LogP) is 4.90. The maximum Gasteiger partial charge on any atom is 0.275 e. The summed E-state index contributed by atoms with van der Waals surface area (Å²) in [6.45, 7) is 6.21. The van der Waals surface area contributed by atoms with Crippen molar-refractivity contribution in [2.24, 2.45) is 0 Å². The van der Waals surface area contributed by atoms with Crippen LogP contribution in [0.1, 0.15) is 41.4 Å². The fourth-order valence-electron chi connectivity index (χ4n) is 2.68. The summed E-state index contributed by atoms with van der Waals surface area (Å²) in [7, 11) is 0. The van der Waals surface area contributed by atoms with Gasteiger partial charge in [-0.2, -0.15) is 0 Å². The van der Waals surface area contributed by atoms with Crippen LogP contribution in [0.2, 0.25) is 0 Å². The molecule has 1 amide bonds. The van der Waals surface area contributed by atoms with E-state index in [0.29, 0.717) is 11.7 Å². The number of anilines is 3. The van der Waals surface area contributed by atoms with E-state index in [1.54, 1.807) is 6.20 Å². The van der Waals surface area contributed by atoms with Crippen molar-refractivity contribution in [3.63, 3.8) is 0 Å². The molecule has 0 atom stereocenters. The summed E-state index contributed by atoms with van der Waals surface area (Å²) in [5.41, 5.74) is 4.26. The van der Waals surface area contributed by atoms with Crippen molar-refractivity contribution in [1.82, 2.24) is 9.97 Å². The van der Waals surface area contributed by atoms with Crippen LogP contribution in [0.5, 0.6) is 0 Å². The maximum absolute atomic E-state index is 12.5. The molecule has 1 heterocycles. The molecule has 1 aromatic heterocycles. The third kappa shape index (κ3) is 4.25. The van der Waals surface area contributed by atoms with Gasteiger partial charge in [-0.1, -0.05) is 44.2 Å². The van der Waals surface area contributed by atoms with Gasteiger partial charge < -0.3 is 10.6 Å². The molecule has 5 heteroatoms. The van der Waals surface area contributed by atoms with E-state index >= 15 is 0 Å². The van der Waals surface area contributed by atoms with E-state index in [-0.39, 0.29) is 11.6 Å². The Balaban J connectivity index is 1.71. The lowest BCUT2D eigenvalue weighted by atomic mass is 10.0. The first-order chi connectivity index (χ1) is 12.5. The summed E-state index contributed by atoms with van der Waals surface area (Å²) in [4.78, 5) is 21.0. The molecule has 0 saturated heterocycles. The van der Waals surface area contributed by atoms with E-state index in [1.807, 2.05) is 55.5 Å². The zero-order valence-corrected chi connectivity index (χ0v) is 15.2. The highest BCUT2D eigenvalue weighted by Gasteiger charge is 2.12. The monoisotopic (exact) mass is 346 g/mol. The second-order valence-corrected chi connectivity index (χ2v) is 6.48. The lowest BCUT2D eigenvalue weighted by Gasteiger charge is -2.13. The second kappa shape index (κ2) is 7.78. The number of para-hydroxylation sites is 1. The van der Waals surface area contributed by atoms with Gasteiger partial charge in [0.15, 0.2) is 0 Å². The Hall–Kier alpha value is -3.21. The SMILES string of the molecule is Cc1cccc(Nc2cnc(C(=O)Nc3ccccc3C(C)C)cn2)c1. The summed E-state index contributed by atoms with van der Waals surface area (Å²) in [5.74, 6) is 0.640. The van der Waals surface area contributed by atoms with Gasteiger partial charge in [0, 0.05) is 11.4 Å². The van der Waals surface area contributed by atoms with Gasteiger partial charge in [0.25, 0.3) is 5.91 Å². The number of hydrogen-bond acceptors (Lipinski definition) is 4. The molecule has 3 rings (SSSR count). The summed E-state index contributed by atoms with van der Waals surface area (Å²) in [6.07, 6.45) is 3.04. The molecular weight excluding hydrogens is 324 g/mol. The number of carbonyl (C=O) groups is 1. The Labute approximate surface area is 153 Å². The minimum atomic E-state index is -0.271. The molecule has 26 heavy (non-hydrogen) atoms. The molecule has 0 aliphatic rings. The number of aryl methyl sites for hydroxylation is 1. The van der Waals surface area contributed by atoms with Crippen LogP contribution >= 0.6 is 0 Å². The highest BCUT2D eigenvalue weighted by molar-refractivity contribution is 6.03. The van der Waals surface area contributed by atoms with Gasteiger partial charge in [0.2, 0.25) is 0 Å². The molecule has 2 aromatic carbocycles. The maximum atomic E-state index is 12.5. The second-order valence-electron chi connectivity index (χ2n) is 6.48. The van der Waals surface area contributed by atoms with Crippen LogP contribution in [0, 0.1) is 6.92 Å². The standard InChI is InChI=1S/C21H22N4O/c1-14(2)17-9-4-5-10-18(17)25-21(26)19-12-23-20(13-22-19)24-16-8-6-7-15(3)11-16/h4-14H,1-3H3,(H,23,24)(H,25,26). The van der Waals surface area contributed by atoms with E-state index in [2.05, 4.69) is 34.4 Å². The molecular formula is C21H22N4O. The Morgan fingerprint density at radius 3 is 2.50 bits per heavy atom. The average molecular weight is 346 g/mol. The molecule has 3 aromatic rings. The molecule has 5 nitrogen and oxygen atoms in total. The fraction of sp³-hybridized carbons (Fsp3) is 0.190. The number of carbonyl (C=O) groups excluding carboxylic acids is 1. The van der Waals surface area contributed by atoms with Crippen LogP contribution in [-0.4, -0.2) is 15.9 Å². The number of nitrogens with zero attached hydrogens (tertiary/aromatic N) is 2. The van der Waals surface area contributed by atoms with Crippen LogP contribution in [0.15, 0.2) is 60.9 Å². The summed E-state index contributed by atoms with van der Waals surface area (Å²) >= 11 is 0. The number of aromatic nitrogens is 2. The van der Waals surface area contributed by atoms with Crippen LogP contribution in [0.4, 0.5) is 17.2 Å². The zero-order valence-electron chi connectivity index (χ0n) is 15.2. The molecule has 0 fully saturated rings. The minimum Gasteiger partial charge on any atom is -0.339 e. The summed E-state index contributed by atoms with van der Waals surface area (Å²) in [5, 5.41) is 6.10.